The molecular weight excluding hydrogens is 260 g/mol. The molecule has 102 valence electrons. The van der Waals surface area contributed by atoms with Crippen molar-refractivity contribution >= 4 is 16.7 Å². The van der Waals surface area contributed by atoms with Crippen molar-refractivity contribution in [3.63, 3.8) is 0 Å². The van der Waals surface area contributed by atoms with E-state index in [-0.39, 0.29) is 11.9 Å². The summed E-state index contributed by atoms with van der Waals surface area (Å²) in [5.41, 5.74) is 2.14. The van der Waals surface area contributed by atoms with E-state index in [0.717, 1.165) is 11.1 Å². The van der Waals surface area contributed by atoms with Crippen molar-refractivity contribution in [1.29, 1.82) is 0 Å². The van der Waals surface area contributed by atoms with Crippen molar-refractivity contribution < 1.29 is 9.53 Å². The lowest BCUT2D eigenvalue weighted by atomic mass is 9.87. The molecule has 1 heterocycles. The predicted molar refractivity (Wildman–Crippen MR) is 82.5 cm³/mol. The Morgan fingerprint density at radius 3 is 2.48 bits per heavy atom. The van der Waals surface area contributed by atoms with E-state index in [9.17, 15) is 4.79 Å². The number of benzene rings is 3. The first kappa shape index (κ1) is 12.2. The molecule has 0 radical (unpaired) electrons. The molecule has 1 atom stereocenters. The number of carbonyl (C=O) groups excluding carboxylic acids is 1. The maximum Gasteiger partial charge on any atom is 0.319 e. The summed E-state index contributed by atoms with van der Waals surface area (Å²) in [7, 11) is 0. The standard InChI is InChI=1S/C19H14O2/c20-19-16(13-6-2-1-3-7-13)12-17-15-9-5-4-8-14(15)10-11-18(17)21-19/h1-11,16H,12H2/t16-/m0/s1. The average Bonchev–Trinajstić information content (AvgIpc) is 2.55. The Kier molecular flexibility index (Phi) is 2.74. The third-order valence-corrected chi connectivity index (χ3v) is 4.10. The van der Waals surface area contributed by atoms with Crippen molar-refractivity contribution in [3.05, 3.63) is 77.9 Å². The molecule has 2 nitrogen and oxygen atoms in total. The van der Waals surface area contributed by atoms with Crippen LogP contribution in [0.15, 0.2) is 66.7 Å². The van der Waals surface area contributed by atoms with Crippen LogP contribution in [0.3, 0.4) is 0 Å². The molecule has 0 aromatic heterocycles. The fourth-order valence-electron chi connectivity index (χ4n) is 3.03. The Morgan fingerprint density at radius 1 is 0.857 bits per heavy atom. The molecule has 21 heavy (non-hydrogen) atoms. The summed E-state index contributed by atoms with van der Waals surface area (Å²) in [6, 6.07) is 22.0. The minimum atomic E-state index is -0.218. The Morgan fingerprint density at radius 2 is 1.62 bits per heavy atom. The van der Waals surface area contributed by atoms with Gasteiger partial charge in [-0.05, 0) is 28.8 Å². The van der Waals surface area contributed by atoms with Crippen molar-refractivity contribution in [3.8, 4) is 5.75 Å². The van der Waals surface area contributed by atoms with Crippen LogP contribution < -0.4 is 4.74 Å². The molecule has 0 saturated carbocycles. The number of rotatable bonds is 1. The zero-order valence-electron chi connectivity index (χ0n) is 11.5. The highest BCUT2D eigenvalue weighted by molar-refractivity contribution is 5.92. The van der Waals surface area contributed by atoms with Crippen LogP contribution in [0.1, 0.15) is 17.0 Å². The lowest BCUT2D eigenvalue weighted by Crippen LogP contribution is -2.26. The van der Waals surface area contributed by atoms with E-state index in [1.54, 1.807) is 0 Å². The van der Waals surface area contributed by atoms with Crippen LogP contribution in [-0.4, -0.2) is 5.97 Å². The van der Waals surface area contributed by atoms with Crippen LogP contribution in [0.4, 0.5) is 0 Å². The first-order valence-corrected chi connectivity index (χ1v) is 7.10. The molecule has 0 N–H and O–H groups in total. The molecular formula is C19H14O2. The summed E-state index contributed by atoms with van der Waals surface area (Å²) in [5, 5.41) is 2.35. The number of hydrogen-bond donors (Lipinski definition) is 0. The zero-order valence-corrected chi connectivity index (χ0v) is 11.5. The van der Waals surface area contributed by atoms with Gasteiger partial charge in [0.15, 0.2) is 0 Å². The van der Waals surface area contributed by atoms with E-state index in [4.69, 9.17) is 4.74 Å². The molecule has 2 heteroatoms. The van der Waals surface area contributed by atoms with Gasteiger partial charge in [0.1, 0.15) is 5.75 Å². The van der Waals surface area contributed by atoms with Crippen LogP contribution in [-0.2, 0) is 11.2 Å². The Bertz CT molecular complexity index is 821. The zero-order chi connectivity index (χ0) is 14.2. The third kappa shape index (κ3) is 2.00. The number of carbonyl (C=O) groups is 1. The monoisotopic (exact) mass is 274 g/mol. The first-order valence-electron chi connectivity index (χ1n) is 7.10. The highest BCUT2D eigenvalue weighted by Gasteiger charge is 2.30. The largest absolute Gasteiger partial charge is 0.426 e. The highest BCUT2D eigenvalue weighted by atomic mass is 16.5. The molecule has 1 aliphatic rings. The normalized spacial score (nSPS) is 17.3. The molecule has 0 amide bonds. The van der Waals surface area contributed by atoms with Crippen molar-refractivity contribution in [2.24, 2.45) is 0 Å². The molecule has 1 aliphatic heterocycles. The SMILES string of the molecule is O=C1Oc2ccc3ccccc3c2C[C@H]1c1ccccc1. The topological polar surface area (TPSA) is 26.3 Å². The molecule has 0 fully saturated rings. The van der Waals surface area contributed by atoms with Crippen LogP contribution in [0.2, 0.25) is 0 Å². The van der Waals surface area contributed by atoms with E-state index in [1.807, 2.05) is 54.6 Å². The molecule has 4 rings (SSSR count). The second kappa shape index (κ2) is 4.74. The predicted octanol–water partition coefficient (Wildman–Crippen LogP) is 4.09. The number of ether oxygens (including phenoxy) is 1. The summed E-state index contributed by atoms with van der Waals surface area (Å²) in [6.07, 6.45) is 0.694. The minimum Gasteiger partial charge on any atom is -0.426 e. The number of hydrogen-bond acceptors (Lipinski definition) is 2. The Labute approximate surface area is 123 Å². The molecule has 0 saturated heterocycles. The van der Waals surface area contributed by atoms with Crippen LogP contribution >= 0.6 is 0 Å². The van der Waals surface area contributed by atoms with Gasteiger partial charge >= 0.3 is 5.97 Å². The average molecular weight is 274 g/mol. The summed E-state index contributed by atoms with van der Waals surface area (Å²) in [5.74, 6) is 0.319. The molecule has 0 spiro atoms. The molecule has 0 bridgehead atoms. The molecule has 3 aromatic rings. The van der Waals surface area contributed by atoms with Crippen LogP contribution in [0.25, 0.3) is 10.8 Å². The van der Waals surface area contributed by atoms with Gasteiger partial charge in [-0.1, -0.05) is 60.7 Å². The van der Waals surface area contributed by atoms with Gasteiger partial charge < -0.3 is 4.74 Å². The molecule has 0 unspecified atom stereocenters. The maximum absolute atomic E-state index is 12.3. The van der Waals surface area contributed by atoms with Crippen molar-refractivity contribution in [2.75, 3.05) is 0 Å². The van der Waals surface area contributed by atoms with E-state index in [0.29, 0.717) is 12.2 Å². The molecule has 0 aliphatic carbocycles. The van der Waals surface area contributed by atoms with Gasteiger partial charge in [-0.2, -0.15) is 0 Å². The van der Waals surface area contributed by atoms with E-state index >= 15 is 0 Å². The maximum atomic E-state index is 12.3. The van der Waals surface area contributed by atoms with Gasteiger partial charge in [-0.25, -0.2) is 0 Å². The van der Waals surface area contributed by atoms with Gasteiger partial charge in [0.25, 0.3) is 0 Å². The minimum absolute atomic E-state index is 0.163. The third-order valence-electron chi connectivity index (χ3n) is 4.10. The fourth-order valence-corrected chi connectivity index (χ4v) is 3.03. The van der Waals surface area contributed by atoms with Gasteiger partial charge in [0.2, 0.25) is 0 Å². The van der Waals surface area contributed by atoms with Crippen molar-refractivity contribution in [1.82, 2.24) is 0 Å². The van der Waals surface area contributed by atoms with Gasteiger partial charge in [0, 0.05) is 5.56 Å². The second-order valence-corrected chi connectivity index (χ2v) is 5.35. The highest BCUT2D eigenvalue weighted by Crippen LogP contribution is 2.37. The van der Waals surface area contributed by atoms with E-state index in [2.05, 4.69) is 12.1 Å². The summed E-state index contributed by atoms with van der Waals surface area (Å²) in [6.45, 7) is 0. The van der Waals surface area contributed by atoms with Gasteiger partial charge in [0.05, 0.1) is 5.92 Å². The van der Waals surface area contributed by atoms with E-state index < -0.39 is 0 Å². The summed E-state index contributed by atoms with van der Waals surface area (Å²) in [4.78, 5) is 12.3. The van der Waals surface area contributed by atoms with Crippen LogP contribution in [0, 0.1) is 0 Å². The lowest BCUT2D eigenvalue weighted by molar-refractivity contribution is -0.137. The van der Waals surface area contributed by atoms with Crippen LogP contribution in [0.5, 0.6) is 5.75 Å². The second-order valence-electron chi connectivity index (χ2n) is 5.35. The Balaban J connectivity index is 1.85. The van der Waals surface area contributed by atoms with Gasteiger partial charge in [-0.3, -0.25) is 4.79 Å². The quantitative estimate of drug-likeness (QED) is 0.493. The number of esters is 1. The lowest BCUT2D eigenvalue weighted by Gasteiger charge is -2.24. The Hall–Kier alpha value is -2.61. The van der Waals surface area contributed by atoms with E-state index in [1.165, 1.54) is 10.8 Å². The first-order chi connectivity index (χ1) is 10.3. The van der Waals surface area contributed by atoms with Crippen molar-refractivity contribution in [2.45, 2.75) is 12.3 Å². The molecule has 3 aromatic carbocycles. The van der Waals surface area contributed by atoms with Gasteiger partial charge in [-0.15, -0.1) is 0 Å². The fraction of sp³-hybridized carbons (Fsp3) is 0.105. The summed E-state index contributed by atoms with van der Waals surface area (Å²) < 4.78 is 5.57. The number of fused-ring (bicyclic) bond motifs is 3. The summed E-state index contributed by atoms with van der Waals surface area (Å²) >= 11 is 0. The smallest absolute Gasteiger partial charge is 0.319 e.